The van der Waals surface area contributed by atoms with Crippen LogP contribution in [-0.2, 0) is 0 Å². The van der Waals surface area contributed by atoms with E-state index >= 15 is 0 Å². The van der Waals surface area contributed by atoms with Crippen molar-refractivity contribution in [3.8, 4) is 0 Å². The second-order valence-corrected chi connectivity index (χ2v) is 4.31. The van der Waals surface area contributed by atoms with E-state index in [1.807, 2.05) is 7.05 Å². The number of nitrogens with one attached hydrogen (secondary N) is 2. The highest BCUT2D eigenvalue weighted by Gasteiger charge is 2.28. The van der Waals surface area contributed by atoms with Crippen molar-refractivity contribution in [2.45, 2.75) is 39.0 Å². The van der Waals surface area contributed by atoms with Gasteiger partial charge in [0.1, 0.15) is 0 Å². The van der Waals surface area contributed by atoms with Crippen LogP contribution < -0.4 is 10.6 Å². The van der Waals surface area contributed by atoms with Crippen molar-refractivity contribution in [1.82, 2.24) is 10.6 Å². The maximum absolute atomic E-state index is 3.45. The first-order valence-corrected chi connectivity index (χ1v) is 5.68. The van der Waals surface area contributed by atoms with E-state index in [2.05, 4.69) is 17.6 Å². The molecule has 1 rings (SSSR count). The molecule has 1 saturated heterocycles. The Balaban J connectivity index is 2.29. The molecule has 0 radical (unpaired) electrons. The van der Waals surface area contributed by atoms with E-state index in [-0.39, 0.29) is 0 Å². The van der Waals surface area contributed by atoms with Gasteiger partial charge < -0.3 is 10.6 Å². The minimum absolute atomic E-state index is 0.669. The van der Waals surface area contributed by atoms with Crippen LogP contribution in [0.25, 0.3) is 0 Å². The Morgan fingerprint density at radius 3 is 2.54 bits per heavy atom. The zero-order valence-corrected chi connectivity index (χ0v) is 9.16. The molecule has 1 fully saturated rings. The third kappa shape index (κ3) is 3.28. The van der Waals surface area contributed by atoms with Crippen molar-refractivity contribution < 1.29 is 0 Å². The van der Waals surface area contributed by atoms with E-state index in [1.54, 1.807) is 0 Å². The molecule has 1 aliphatic heterocycles. The Morgan fingerprint density at radius 1 is 1.31 bits per heavy atom. The summed E-state index contributed by atoms with van der Waals surface area (Å²) in [5.74, 6) is 0. The van der Waals surface area contributed by atoms with Crippen molar-refractivity contribution in [2.24, 2.45) is 5.41 Å². The van der Waals surface area contributed by atoms with Gasteiger partial charge in [0.05, 0.1) is 0 Å². The SMILES string of the molecule is CCC1(CCCNC)CCNCC1. The Kier molecular flexibility index (Phi) is 4.74. The quantitative estimate of drug-likeness (QED) is 0.636. The Bertz CT molecular complexity index is 128. The van der Waals surface area contributed by atoms with Crippen LogP contribution in [0.4, 0.5) is 0 Å². The fourth-order valence-corrected chi connectivity index (χ4v) is 2.38. The second-order valence-electron chi connectivity index (χ2n) is 4.31. The molecule has 78 valence electrons. The summed E-state index contributed by atoms with van der Waals surface area (Å²) in [6.45, 7) is 5.99. The van der Waals surface area contributed by atoms with Crippen molar-refractivity contribution in [2.75, 3.05) is 26.7 Å². The van der Waals surface area contributed by atoms with E-state index < -0.39 is 0 Å². The van der Waals surface area contributed by atoms with Gasteiger partial charge in [0, 0.05) is 0 Å². The average Bonchev–Trinajstić information content (AvgIpc) is 2.20. The van der Waals surface area contributed by atoms with Gasteiger partial charge in [-0.25, -0.2) is 0 Å². The minimum atomic E-state index is 0.669. The molecule has 2 N–H and O–H groups in total. The van der Waals surface area contributed by atoms with E-state index in [9.17, 15) is 0 Å². The largest absolute Gasteiger partial charge is 0.320 e. The summed E-state index contributed by atoms with van der Waals surface area (Å²) in [6.07, 6.45) is 6.87. The summed E-state index contributed by atoms with van der Waals surface area (Å²) in [5, 5.41) is 6.68. The first-order valence-electron chi connectivity index (χ1n) is 5.68. The lowest BCUT2D eigenvalue weighted by Crippen LogP contribution is -2.36. The van der Waals surface area contributed by atoms with Gasteiger partial charge in [-0.2, -0.15) is 0 Å². The Labute approximate surface area is 82.5 Å². The molecule has 0 unspecified atom stereocenters. The monoisotopic (exact) mass is 184 g/mol. The normalized spacial score (nSPS) is 21.7. The van der Waals surface area contributed by atoms with Gasteiger partial charge in [-0.05, 0) is 57.8 Å². The van der Waals surface area contributed by atoms with Gasteiger partial charge >= 0.3 is 0 Å². The van der Waals surface area contributed by atoms with Crippen molar-refractivity contribution in [1.29, 1.82) is 0 Å². The first kappa shape index (κ1) is 11.0. The fraction of sp³-hybridized carbons (Fsp3) is 1.00. The molecule has 0 aliphatic carbocycles. The van der Waals surface area contributed by atoms with Gasteiger partial charge in [0.2, 0.25) is 0 Å². The zero-order chi connectivity index (χ0) is 9.57. The van der Waals surface area contributed by atoms with Crippen molar-refractivity contribution >= 4 is 0 Å². The molecule has 0 spiro atoms. The third-order valence-electron chi connectivity index (χ3n) is 3.55. The average molecular weight is 184 g/mol. The van der Waals surface area contributed by atoms with Crippen LogP contribution >= 0.6 is 0 Å². The molecule has 1 heterocycles. The summed E-state index contributed by atoms with van der Waals surface area (Å²) < 4.78 is 0. The molecule has 1 aliphatic rings. The topological polar surface area (TPSA) is 24.1 Å². The van der Waals surface area contributed by atoms with Crippen molar-refractivity contribution in [3.05, 3.63) is 0 Å². The standard InChI is InChI=1S/C11H24N2/c1-3-11(5-4-8-12-2)6-9-13-10-7-11/h12-13H,3-10H2,1-2H3. The summed E-state index contributed by atoms with van der Waals surface area (Å²) in [5.41, 5.74) is 0.669. The highest BCUT2D eigenvalue weighted by molar-refractivity contribution is 4.83. The van der Waals surface area contributed by atoms with Crippen LogP contribution in [0, 0.1) is 5.41 Å². The molecule has 2 nitrogen and oxygen atoms in total. The minimum Gasteiger partial charge on any atom is -0.320 e. The maximum atomic E-state index is 3.45. The van der Waals surface area contributed by atoms with Crippen LogP contribution in [0.1, 0.15) is 39.0 Å². The zero-order valence-electron chi connectivity index (χ0n) is 9.16. The first-order chi connectivity index (χ1) is 6.33. The summed E-state index contributed by atoms with van der Waals surface area (Å²) in [7, 11) is 2.04. The number of rotatable bonds is 5. The lowest BCUT2D eigenvalue weighted by Gasteiger charge is -2.37. The molecule has 0 bridgehead atoms. The molecule has 2 heteroatoms. The fourth-order valence-electron chi connectivity index (χ4n) is 2.38. The molecule has 0 aromatic carbocycles. The maximum Gasteiger partial charge on any atom is -0.00436 e. The van der Waals surface area contributed by atoms with Crippen LogP contribution in [0.2, 0.25) is 0 Å². The van der Waals surface area contributed by atoms with E-state index in [4.69, 9.17) is 0 Å². The molecule has 0 aromatic rings. The molecule has 0 atom stereocenters. The highest BCUT2D eigenvalue weighted by Crippen LogP contribution is 2.36. The molecule has 0 saturated carbocycles. The number of piperidine rings is 1. The molecule has 13 heavy (non-hydrogen) atoms. The molecular formula is C11H24N2. The van der Waals surface area contributed by atoms with E-state index in [0.717, 1.165) is 0 Å². The van der Waals surface area contributed by atoms with Crippen LogP contribution in [0.5, 0.6) is 0 Å². The lowest BCUT2D eigenvalue weighted by atomic mass is 9.73. The van der Waals surface area contributed by atoms with Gasteiger partial charge in [0.25, 0.3) is 0 Å². The summed E-state index contributed by atoms with van der Waals surface area (Å²) in [6, 6.07) is 0. The van der Waals surface area contributed by atoms with Crippen LogP contribution in [0.15, 0.2) is 0 Å². The predicted octanol–water partition coefficient (Wildman–Crippen LogP) is 1.77. The highest BCUT2D eigenvalue weighted by atomic mass is 14.9. The predicted molar refractivity (Wildman–Crippen MR) is 58.0 cm³/mol. The van der Waals surface area contributed by atoms with Gasteiger partial charge in [-0.15, -0.1) is 0 Å². The summed E-state index contributed by atoms with van der Waals surface area (Å²) in [4.78, 5) is 0. The van der Waals surface area contributed by atoms with Crippen molar-refractivity contribution in [3.63, 3.8) is 0 Å². The van der Waals surface area contributed by atoms with Gasteiger partial charge in [-0.1, -0.05) is 13.3 Å². The van der Waals surface area contributed by atoms with Gasteiger partial charge in [0.15, 0.2) is 0 Å². The number of hydrogen-bond donors (Lipinski definition) is 2. The molecule has 0 amide bonds. The second kappa shape index (κ2) is 5.61. The Hall–Kier alpha value is -0.0800. The van der Waals surface area contributed by atoms with Crippen LogP contribution in [0.3, 0.4) is 0 Å². The number of hydrogen-bond acceptors (Lipinski definition) is 2. The third-order valence-corrected chi connectivity index (χ3v) is 3.55. The smallest absolute Gasteiger partial charge is 0.00436 e. The summed E-state index contributed by atoms with van der Waals surface area (Å²) >= 11 is 0. The Morgan fingerprint density at radius 2 is 2.00 bits per heavy atom. The van der Waals surface area contributed by atoms with Crippen LogP contribution in [-0.4, -0.2) is 26.7 Å². The lowest BCUT2D eigenvalue weighted by molar-refractivity contribution is 0.172. The molecule has 0 aromatic heterocycles. The van der Waals surface area contributed by atoms with E-state index in [1.165, 1.54) is 51.7 Å². The van der Waals surface area contributed by atoms with E-state index in [0.29, 0.717) is 5.41 Å². The molecular weight excluding hydrogens is 160 g/mol. The van der Waals surface area contributed by atoms with Gasteiger partial charge in [-0.3, -0.25) is 0 Å².